The van der Waals surface area contributed by atoms with Crippen LogP contribution in [0.3, 0.4) is 0 Å². The lowest BCUT2D eigenvalue weighted by atomic mass is 9.89. The van der Waals surface area contributed by atoms with Crippen LogP contribution >= 0.6 is 0 Å². The van der Waals surface area contributed by atoms with E-state index >= 15 is 0 Å². The third kappa shape index (κ3) is 15.5. The Balaban J connectivity index is 2.49. The Morgan fingerprint density at radius 3 is 1.91 bits per heavy atom. The van der Waals surface area contributed by atoms with Crippen molar-refractivity contribution < 1.29 is 32.3 Å². The van der Waals surface area contributed by atoms with Gasteiger partial charge in [0.05, 0.1) is 32.0 Å². The van der Waals surface area contributed by atoms with Gasteiger partial charge in [0, 0.05) is 18.9 Å². The number of rotatable bonds is 19. The van der Waals surface area contributed by atoms with Gasteiger partial charge in [-0.3, -0.25) is 4.79 Å². The standard InChI is InChI=1S/C43H82O7Si3/c1-41(2,3)51(11,12)48-34(25-19-17-21-27-39(44)45-10)29-30-36-35(26-20-18-23-31-46-40-28-22-24-32-47-40)37(49-52(13,14)42(4,5)6)33-38(36)50-53(15,16)43(7,8)9/h17-20,29-30,34-38,40H,21-28,31-33H2,1-16H3/b19-17-,20-18-,30-29+/t34-,35+,36-,37+,38-,40?/m0/s1. The second-order valence-electron chi connectivity index (χ2n) is 20.1. The minimum absolute atomic E-state index is 0.0544. The number of hydrogen-bond acceptors (Lipinski definition) is 7. The van der Waals surface area contributed by atoms with E-state index in [-0.39, 0.29) is 57.5 Å². The van der Waals surface area contributed by atoms with E-state index in [1.54, 1.807) is 0 Å². The van der Waals surface area contributed by atoms with E-state index < -0.39 is 25.0 Å². The van der Waals surface area contributed by atoms with Crippen molar-refractivity contribution in [1.82, 2.24) is 0 Å². The molecule has 0 aromatic heterocycles. The van der Waals surface area contributed by atoms with Crippen LogP contribution in [0.1, 0.15) is 120 Å². The third-order valence-electron chi connectivity index (χ3n) is 12.7. The molecular formula is C43H82O7Si3. The minimum Gasteiger partial charge on any atom is -0.469 e. The van der Waals surface area contributed by atoms with Crippen molar-refractivity contribution in [2.75, 3.05) is 20.3 Å². The van der Waals surface area contributed by atoms with Crippen molar-refractivity contribution in [3.8, 4) is 0 Å². The van der Waals surface area contributed by atoms with Crippen LogP contribution in [-0.4, -0.2) is 75.8 Å². The molecule has 0 aromatic rings. The molecular weight excluding hydrogens is 713 g/mol. The maximum atomic E-state index is 11.7. The van der Waals surface area contributed by atoms with Crippen LogP contribution < -0.4 is 0 Å². The molecule has 1 saturated carbocycles. The fourth-order valence-corrected chi connectivity index (χ4v) is 10.2. The molecule has 2 rings (SSSR count). The van der Waals surface area contributed by atoms with E-state index in [1.165, 1.54) is 13.5 Å². The smallest absolute Gasteiger partial charge is 0.305 e. The molecule has 0 radical (unpaired) electrons. The zero-order valence-corrected chi connectivity index (χ0v) is 40.1. The lowest BCUT2D eigenvalue weighted by Gasteiger charge is -2.40. The predicted molar refractivity (Wildman–Crippen MR) is 230 cm³/mol. The molecule has 308 valence electrons. The predicted octanol–water partition coefficient (Wildman–Crippen LogP) is 12.1. The molecule has 2 fully saturated rings. The summed E-state index contributed by atoms with van der Waals surface area (Å²) < 4.78 is 38.4. The fourth-order valence-electron chi connectivity index (χ4n) is 6.14. The fraction of sp³-hybridized carbons (Fsp3) is 0.837. The molecule has 0 bridgehead atoms. The molecule has 10 heteroatoms. The summed E-state index contributed by atoms with van der Waals surface area (Å²) >= 11 is 0. The Morgan fingerprint density at radius 1 is 0.774 bits per heavy atom. The van der Waals surface area contributed by atoms with E-state index in [1.807, 2.05) is 0 Å². The molecule has 1 unspecified atom stereocenters. The highest BCUT2D eigenvalue weighted by Gasteiger charge is 2.50. The highest BCUT2D eigenvalue weighted by molar-refractivity contribution is 6.75. The van der Waals surface area contributed by atoms with Crippen molar-refractivity contribution in [1.29, 1.82) is 0 Å². The van der Waals surface area contributed by atoms with E-state index in [4.69, 9.17) is 27.5 Å². The Morgan fingerprint density at radius 2 is 1.36 bits per heavy atom. The number of methoxy groups -OCH3 is 1. The highest BCUT2D eigenvalue weighted by Crippen LogP contribution is 2.48. The second kappa shape index (κ2) is 20.5. The first kappa shape index (κ1) is 48.3. The lowest BCUT2D eigenvalue weighted by molar-refractivity contribution is -0.161. The molecule has 2 aliphatic rings. The SMILES string of the molecule is COC(=O)CC/C=C\C[C@@H](/C=C/[C@H]1[C@@H](C/C=C\CCOC2CCCCO2)[C@H](O[Si](C)(C)C(C)(C)C)C[C@@H]1O[Si](C)(C)C(C)(C)C)O[Si](C)(C)C(C)(C)C. The Labute approximate surface area is 329 Å². The summed E-state index contributed by atoms with van der Waals surface area (Å²) in [5, 5.41) is 0.287. The normalized spacial score (nSPS) is 24.9. The largest absolute Gasteiger partial charge is 0.469 e. The Bertz CT molecular complexity index is 1180. The minimum atomic E-state index is -2.09. The van der Waals surface area contributed by atoms with Crippen LogP contribution in [0.25, 0.3) is 0 Å². The molecule has 0 N–H and O–H groups in total. The quantitative estimate of drug-likeness (QED) is 0.0558. The number of ether oxygens (including phenoxy) is 3. The Kier molecular flexibility index (Phi) is 18.7. The maximum Gasteiger partial charge on any atom is 0.305 e. The molecule has 7 nitrogen and oxygen atoms in total. The molecule has 0 spiro atoms. The first-order valence-corrected chi connectivity index (χ1v) is 29.4. The average molecular weight is 795 g/mol. The van der Waals surface area contributed by atoms with Crippen LogP contribution in [0, 0.1) is 11.8 Å². The van der Waals surface area contributed by atoms with Crippen LogP contribution in [-0.2, 0) is 32.3 Å². The summed E-state index contributed by atoms with van der Waals surface area (Å²) in [6.07, 6.45) is 21.5. The van der Waals surface area contributed by atoms with Gasteiger partial charge in [-0.05, 0) is 112 Å². The molecule has 0 aromatic carbocycles. The maximum absolute atomic E-state index is 11.7. The molecule has 1 heterocycles. The van der Waals surface area contributed by atoms with Gasteiger partial charge in [0.15, 0.2) is 31.2 Å². The third-order valence-corrected chi connectivity index (χ3v) is 26.3. The summed E-state index contributed by atoms with van der Waals surface area (Å²) in [7, 11) is -4.80. The number of hydrogen-bond donors (Lipinski definition) is 0. The van der Waals surface area contributed by atoms with Gasteiger partial charge < -0.3 is 27.5 Å². The topological polar surface area (TPSA) is 72.5 Å². The van der Waals surface area contributed by atoms with Crippen molar-refractivity contribution in [3.05, 3.63) is 36.5 Å². The molecule has 1 saturated heterocycles. The van der Waals surface area contributed by atoms with Gasteiger partial charge in [-0.25, -0.2) is 0 Å². The van der Waals surface area contributed by atoms with Gasteiger partial charge in [-0.15, -0.1) is 0 Å². The first-order valence-electron chi connectivity index (χ1n) is 20.6. The van der Waals surface area contributed by atoms with Gasteiger partial charge in [-0.1, -0.05) is 98.8 Å². The van der Waals surface area contributed by atoms with Crippen molar-refractivity contribution >= 4 is 30.9 Å². The van der Waals surface area contributed by atoms with Crippen LogP contribution in [0.2, 0.25) is 54.4 Å². The van der Waals surface area contributed by atoms with Gasteiger partial charge >= 0.3 is 5.97 Å². The van der Waals surface area contributed by atoms with Crippen LogP contribution in [0.4, 0.5) is 0 Å². The summed E-state index contributed by atoms with van der Waals surface area (Å²) in [6, 6.07) is 0. The van der Waals surface area contributed by atoms with Gasteiger partial charge in [0.2, 0.25) is 0 Å². The van der Waals surface area contributed by atoms with Gasteiger partial charge in [0.25, 0.3) is 0 Å². The van der Waals surface area contributed by atoms with Gasteiger partial charge in [0.1, 0.15) is 0 Å². The van der Waals surface area contributed by atoms with E-state index in [2.05, 4.69) is 138 Å². The lowest BCUT2D eigenvalue weighted by Crippen LogP contribution is -2.45. The summed E-state index contributed by atoms with van der Waals surface area (Å²) in [6.45, 7) is 36.5. The Hall–Kier alpha value is -0.859. The molecule has 1 aliphatic heterocycles. The first-order chi connectivity index (χ1) is 24.3. The summed E-state index contributed by atoms with van der Waals surface area (Å²) in [4.78, 5) is 11.7. The van der Waals surface area contributed by atoms with Crippen molar-refractivity contribution in [2.24, 2.45) is 11.8 Å². The summed E-state index contributed by atoms with van der Waals surface area (Å²) in [5.74, 6) is 0.278. The molecule has 53 heavy (non-hydrogen) atoms. The van der Waals surface area contributed by atoms with Crippen molar-refractivity contribution in [3.63, 3.8) is 0 Å². The van der Waals surface area contributed by atoms with Gasteiger partial charge in [-0.2, -0.15) is 0 Å². The molecule has 1 aliphatic carbocycles. The number of esters is 1. The van der Waals surface area contributed by atoms with Crippen LogP contribution in [0.15, 0.2) is 36.5 Å². The van der Waals surface area contributed by atoms with Crippen LogP contribution in [0.5, 0.6) is 0 Å². The zero-order valence-electron chi connectivity index (χ0n) is 37.1. The van der Waals surface area contributed by atoms with Crippen molar-refractivity contribution in [2.45, 2.75) is 199 Å². The number of allylic oxidation sites excluding steroid dienone is 2. The zero-order chi connectivity index (χ0) is 40.3. The monoisotopic (exact) mass is 795 g/mol. The van der Waals surface area contributed by atoms with E-state index in [0.717, 1.165) is 45.1 Å². The van der Waals surface area contributed by atoms with E-state index in [9.17, 15) is 4.79 Å². The highest BCUT2D eigenvalue weighted by atomic mass is 28.4. The average Bonchev–Trinajstić information content (AvgIpc) is 3.33. The molecule has 6 atom stereocenters. The summed E-state index contributed by atoms with van der Waals surface area (Å²) in [5.41, 5.74) is 0. The molecule has 0 amide bonds. The second-order valence-corrected chi connectivity index (χ2v) is 34.4. The van der Waals surface area contributed by atoms with E-state index in [0.29, 0.717) is 19.4 Å². The number of carbonyl (C=O) groups is 1. The number of carbonyl (C=O) groups excluding carboxylic acids is 1.